The van der Waals surface area contributed by atoms with Gasteiger partial charge in [-0.25, -0.2) is 4.98 Å². The van der Waals surface area contributed by atoms with E-state index in [0.717, 1.165) is 33.8 Å². The highest BCUT2D eigenvalue weighted by molar-refractivity contribution is 8.00. The Balaban J connectivity index is 1.60. The van der Waals surface area contributed by atoms with E-state index >= 15 is 0 Å². The van der Waals surface area contributed by atoms with Gasteiger partial charge in [-0.05, 0) is 32.4 Å². The fourth-order valence-corrected chi connectivity index (χ4v) is 5.28. The third-order valence-corrected chi connectivity index (χ3v) is 7.20. The fourth-order valence-electron chi connectivity index (χ4n) is 2.44. The van der Waals surface area contributed by atoms with Crippen molar-refractivity contribution in [1.82, 2.24) is 25.1 Å². The Hall–Kier alpha value is -1.58. The highest BCUT2D eigenvalue weighted by Gasteiger charge is 2.15. The van der Waals surface area contributed by atoms with E-state index in [1.807, 2.05) is 25.1 Å². The summed E-state index contributed by atoms with van der Waals surface area (Å²) in [6.45, 7) is 6.91. The quantitative estimate of drug-likeness (QED) is 0.522. The van der Waals surface area contributed by atoms with Crippen LogP contribution in [0.4, 0.5) is 0 Å². The zero-order valence-corrected chi connectivity index (χ0v) is 18.1. The van der Waals surface area contributed by atoms with Crippen molar-refractivity contribution < 1.29 is 4.79 Å². The van der Waals surface area contributed by atoms with Crippen LogP contribution in [0.3, 0.4) is 0 Å². The van der Waals surface area contributed by atoms with E-state index in [-0.39, 0.29) is 11.9 Å². The van der Waals surface area contributed by atoms with Gasteiger partial charge < -0.3 is 9.88 Å². The molecular formula is C18H23N5OS3. The molecule has 0 saturated heterocycles. The molecule has 0 aliphatic heterocycles. The van der Waals surface area contributed by atoms with E-state index in [9.17, 15) is 4.79 Å². The first kappa shape index (κ1) is 20.2. The second-order valence-corrected chi connectivity index (χ2v) is 9.24. The number of hydrogen-bond acceptors (Lipinski definition) is 7. The first-order valence-corrected chi connectivity index (χ1v) is 11.7. The van der Waals surface area contributed by atoms with Gasteiger partial charge in [0.25, 0.3) is 0 Å². The number of para-hydroxylation sites is 1. The maximum absolute atomic E-state index is 12.0. The number of carbonyl (C=O) groups excluding carboxylic acids is 1. The van der Waals surface area contributed by atoms with E-state index in [2.05, 4.69) is 45.0 Å². The van der Waals surface area contributed by atoms with E-state index in [0.29, 0.717) is 11.5 Å². The topological polar surface area (TPSA) is 72.7 Å². The van der Waals surface area contributed by atoms with Crippen LogP contribution in [0.15, 0.2) is 33.8 Å². The maximum Gasteiger partial charge on any atom is 0.230 e. The lowest BCUT2D eigenvalue weighted by Crippen LogP contribution is -2.33. The average molecular weight is 422 g/mol. The lowest BCUT2D eigenvalue weighted by molar-refractivity contribution is -0.119. The number of thioether (sulfide) groups is 2. The summed E-state index contributed by atoms with van der Waals surface area (Å²) in [4.78, 5) is 16.6. The van der Waals surface area contributed by atoms with Crippen LogP contribution in [0, 0.1) is 0 Å². The van der Waals surface area contributed by atoms with Crippen molar-refractivity contribution in [3.63, 3.8) is 0 Å². The Morgan fingerprint density at radius 3 is 2.81 bits per heavy atom. The Morgan fingerprint density at radius 1 is 1.26 bits per heavy atom. The van der Waals surface area contributed by atoms with Crippen LogP contribution in [-0.2, 0) is 17.1 Å². The van der Waals surface area contributed by atoms with Gasteiger partial charge in [-0.2, -0.15) is 0 Å². The summed E-state index contributed by atoms with van der Waals surface area (Å²) in [5.74, 6) is 2.00. The molecule has 144 valence electrons. The van der Waals surface area contributed by atoms with Gasteiger partial charge >= 0.3 is 0 Å². The van der Waals surface area contributed by atoms with Crippen molar-refractivity contribution >= 4 is 51.0 Å². The summed E-state index contributed by atoms with van der Waals surface area (Å²) < 4.78 is 4.30. The lowest BCUT2D eigenvalue weighted by atomic mass is 10.3. The molecule has 0 radical (unpaired) electrons. The minimum atomic E-state index is 0.0328. The van der Waals surface area contributed by atoms with Gasteiger partial charge in [0.2, 0.25) is 5.91 Å². The van der Waals surface area contributed by atoms with Crippen LogP contribution >= 0.6 is 34.9 Å². The Morgan fingerprint density at radius 2 is 2.07 bits per heavy atom. The number of carbonyl (C=O) groups is 1. The number of benzene rings is 1. The van der Waals surface area contributed by atoms with E-state index in [1.165, 1.54) is 16.5 Å². The molecule has 0 fully saturated rings. The summed E-state index contributed by atoms with van der Waals surface area (Å²) in [5.41, 5.74) is 1.03. The molecule has 27 heavy (non-hydrogen) atoms. The lowest BCUT2D eigenvalue weighted by Gasteiger charge is -2.11. The number of thiazole rings is 1. The molecule has 0 aliphatic carbocycles. The third-order valence-electron chi connectivity index (χ3n) is 4.06. The number of fused-ring (bicyclic) bond motifs is 1. The second-order valence-electron chi connectivity index (χ2n) is 6.04. The van der Waals surface area contributed by atoms with Crippen LogP contribution in [0.1, 0.15) is 33.0 Å². The molecule has 1 N–H and O–H groups in total. The smallest absolute Gasteiger partial charge is 0.230 e. The van der Waals surface area contributed by atoms with Crippen molar-refractivity contribution in [2.24, 2.45) is 0 Å². The second kappa shape index (κ2) is 9.57. The SMILES string of the molecule is CCC(C)NC(=O)CSc1nnc(CSc2nc3ccccc3s2)n1CC. The molecule has 9 heteroatoms. The minimum absolute atomic E-state index is 0.0328. The fraction of sp³-hybridized carbons (Fsp3) is 0.444. The van der Waals surface area contributed by atoms with Crippen molar-refractivity contribution in [2.45, 2.75) is 55.0 Å². The molecule has 1 atom stereocenters. The van der Waals surface area contributed by atoms with Crippen molar-refractivity contribution in [1.29, 1.82) is 0 Å². The highest BCUT2D eigenvalue weighted by atomic mass is 32.2. The van der Waals surface area contributed by atoms with Crippen LogP contribution in [-0.4, -0.2) is 37.5 Å². The van der Waals surface area contributed by atoms with Gasteiger partial charge in [0.15, 0.2) is 9.50 Å². The predicted octanol–water partition coefficient (Wildman–Crippen LogP) is 4.21. The number of aromatic nitrogens is 4. The van der Waals surface area contributed by atoms with E-state index < -0.39 is 0 Å². The largest absolute Gasteiger partial charge is 0.353 e. The summed E-state index contributed by atoms with van der Waals surface area (Å²) in [7, 11) is 0. The van der Waals surface area contributed by atoms with Crippen LogP contribution in [0.25, 0.3) is 10.2 Å². The number of rotatable bonds is 9. The van der Waals surface area contributed by atoms with E-state index in [1.54, 1.807) is 23.1 Å². The van der Waals surface area contributed by atoms with E-state index in [4.69, 9.17) is 0 Å². The summed E-state index contributed by atoms with van der Waals surface area (Å²) >= 11 is 4.80. The van der Waals surface area contributed by atoms with Crippen LogP contribution < -0.4 is 5.32 Å². The molecule has 2 heterocycles. The zero-order chi connectivity index (χ0) is 19.2. The normalized spacial score (nSPS) is 12.4. The van der Waals surface area contributed by atoms with Gasteiger partial charge in [-0.1, -0.05) is 42.6 Å². The van der Waals surface area contributed by atoms with Crippen LogP contribution in [0.5, 0.6) is 0 Å². The standard InChI is InChI=1S/C18H23N5OS3/c1-4-12(3)19-16(24)11-25-17-22-21-15(23(17)5-2)10-26-18-20-13-8-6-7-9-14(13)27-18/h6-9,12H,4-5,10-11H2,1-3H3,(H,19,24). The van der Waals surface area contributed by atoms with Gasteiger partial charge in [0.05, 0.1) is 21.7 Å². The molecule has 2 aromatic heterocycles. The molecule has 0 bridgehead atoms. The number of nitrogens with zero attached hydrogens (tertiary/aromatic N) is 4. The number of hydrogen-bond donors (Lipinski definition) is 1. The third kappa shape index (κ3) is 5.24. The Labute approximate surface area is 171 Å². The molecule has 0 saturated carbocycles. The minimum Gasteiger partial charge on any atom is -0.353 e. The Kier molecular flexibility index (Phi) is 7.14. The average Bonchev–Trinajstić information content (AvgIpc) is 3.27. The monoisotopic (exact) mass is 421 g/mol. The Bertz CT molecular complexity index is 874. The van der Waals surface area contributed by atoms with Crippen molar-refractivity contribution in [2.75, 3.05) is 5.75 Å². The molecule has 6 nitrogen and oxygen atoms in total. The maximum atomic E-state index is 12.0. The molecule has 1 aromatic carbocycles. The zero-order valence-electron chi connectivity index (χ0n) is 15.6. The summed E-state index contributed by atoms with van der Waals surface area (Å²) in [6, 6.07) is 8.35. The van der Waals surface area contributed by atoms with Gasteiger partial charge in [-0.15, -0.1) is 21.5 Å². The van der Waals surface area contributed by atoms with Gasteiger partial charge in [0.1, 0.15) is 5.82 Å². The van der Waals surface area contributed by atoms with Gasteiger partial charge in [-0.3, -0.25) is 4.79 Å². The first-order valence-electron chi connectivity index (χ1n) is 8.93. The predicted molar refractivity (Wildman–Crippen MR) is 113 cm³/mol. The van der Waals surface area contributed by atoms with Crippen molar-refractivity contribution in [3.8, 4) is 0 Å². The van der Waals surface area contributed by atoms with Crippen LogP contribution in [0.2, 0.25) is 0 Å². The first-order chi connectivity index (χ1) is 13.1. The number of nitrogens with one attached hydrogen (secondary N) is 1. The summed E-state index contributed by atoms with van der Waals surface area (Å²) in [6.07, 6.45) is 0.925. The van der Waals surface area contributed by atoms with Crippen molar-refractivity contribution in [3.05, 3.63) is 30.1 Å². The molecule has 0 spiro atoms. The highest BCUT2D eigenvalue weighted by Crippen LogP contribution is 2.31. The number of amides is 1. The molecular weight excluding hydrogens is 398 g/mol. The molecule has 1 unspecified atom stereocenters. The molecule has 0 aliphatic rings. The van der Waals surface area contributed by atoms with Gasteiger partial charge in [0, 0.05) is 12.6 Å². The molecule has 1 amide bonds. The molecule has 3 aromatic rings. The summed E-state index contributed by atoms with van der Waals surface area (Å²) in [5, 5.41) is 12.4. The molecule has 3 rings (SSSR count).